The Morgan fingerprint density at radius 3 is 1.55 bits per heavy atom. The number of carbonyl (C=O) groups excluding carboxylic acids is 3. The standard InChI is InChI=1S/C15H27NO6/c1-9-20-11(17)10(2)16(12(18)21-14(3,4)5)13(19)22-15(6,7)8/h10H,9H2,1-8H3/t10-/m0/s1. The summed E-state index contributed by atoms with van der Waals surface area (Å²) in [5.41, 5.74) is -1.63. The molecule has 0 bridgehead atoms. The Kier molecular flexibility index (Phi) is 6.86. The van der Waals surface area contributed by atoms with E-state index in [1.54, 1.807) is 48.5 Å². The average Bonchev–Trinajstić information content (AvgIpc) is 2.23. The van der Waals surface area contributed by atoms with E-state index < -0.39 is 35.4 Å². The molecule has 128 valence electrons. The van der Waals surface area contributed by atoms with Gasteiger partial charge in [0.1, 0.15) is 17.2 Å². The summed E-state index contributed by atoms with van der Waals surface area (Å²) in [5.74, 6) is -0.709. The van der Waals surface area contributed by atoms with E-state index in [-0.39, 0.29) is 6.61 Å². The van der Waals surface area contributed by atoms with Crippen LogP contribution in [0.4, 0.5) is 9.59 Å². The molecule has 0 unspecified atom stereocenters. The summed E-state index contributed by atoms with van der Waals surface area (Å²) in [6.07, 6.45) is -1.91. The summed E-state index contributed by atoms with van der Waals surface area (Å²) in [6.45, 7) is 13.1. The van der Waals surface area contributed by atoms with Crippen molar-refractivity contribution in [3.05, 3.63) is 0 Å². The van der Waals surface area contributed by atoms with Crippen LogP contribution in [0.2, 0.25) is 0 Å². The SMILES string of the molecule is CCOC(=O)[C@H](C)N(C(=O)OC(C)(C)C)C(=O)OC(C)(C)C. The number of rotatable bonds is 3. The van der Waals surface area contributed by atoms with Crippen molar-refractivity contribution in [1.29, 1.82) is 0 Å². The first kappa shape index (κ1) is 20.2. The average molecular weight is 317 g/mol. The lowest BCUT2D eigenvalue weighted by Crippen LogP contribution is -2.51. The summed E-state index contributed by atoms with van der Waals surface area (Å²) < 4.78 is 15.2. The van der Waals surface area contributed by atoms with Gasteiger partial charge in [0.2, 0.25) is 0 Å². The van der Waals surface area contributed by atoms with Crippen LogP contribution in [0.5, 0.6) is 0 Å². The molecule has 0 aliphatic heterocycles. The maximum absolute atomic E-state index is 12.2. The number of esters is 1. The molecule has 7 heteroatoms. The highest BCUT2D eigenvalue weighted by Gasteiger charge is 2.38. The first-order valence-corrected chi connectivity index (χ1v) is 7.20. The van der Waals surface area contributed by atoms with E-state index in [0.717, 1.165) is 0 Å². The molecule has 2 amide bonds. The van der Waals surface area contributed by atoms with E-state index in [1.807, 2.05) is 0 Å². The summed E-state index contributed by atoms with van der Waals surface area (Å²) in [7, 11) is 0. The fourth-order valence-corrected chi connectivity index (χ4v) is 1.38. The molecule has 0 N–H and O–H groups in total. The number of hydrogen-bond acceptors (Lipinski definition) is 6. The zero-order chi connectivity index (χ0) is 17.7. The van der Waals surface area contributed by atoms with Gasteiger partial charge in [0, 0.05) is 0 Å². The minimum absolute atomic E-state index is 0.139. The maximum atomic E-state index is 12.2. The predicted octanol–water partition coefficient (Wildman–Crippen LogP) is 3.11. The van der Waals surface area contributed by atoms with E-state index >= 15 is 0 Å². The Bertz CT molecular complexity index is 391. The largest absolute Gasteiger partial charge is 0.464 e. The van der Waals surface area contributed by atoms with Crippen LogP contribution in [0.15, 0.2) is 0 Å². The molecule has 0 heterocycles. The summed E-state index contributed by atoms with van der Waals surface area (Å²) in [4.78, 5) is 36.9. The van der Waals surface area contributed by atoms with Gasteiger partial charge >= 0.3 is 18.2 Å². The molecule has 1 atom stereocenters. The molecular weight excluding hydrogens is 290 g/mol. The van der Waals surface area contributed by atoms with Gasteiger partial charge in [0.25, 0.3) is 0 Å². The molecule has 0 radical (unpaired) electrons. The molecule has 0 saturated carbocycles. The molecule has 0 aliphatic rings. The maximum Gasteiger partial charge on any atom is 0.420 e. The van der Waals surface area contributed by atoms with Crippen molar-refractivity contribution in [2.75, 3.05) is 6.61 Å². The van der Waals surface area contributed by atoms with Crippen molar-refractivity contribution in [3.8, 4) is 0 Å². The second-order valence-corrected chi connectivity index (χ2v) is 6.76. The van der Waals surface area contributed by atoms with Crippen molar-refractivity contribution >= 4 is 18.2 Å². The lowest BCUT2D eigenvalue weighted by Gasteiger charge is -2.30. The molecule has 0 rings (SSSR count). The van der Waals surface area contributed by atoms with E-state index in [2.05, 4.69) is 0 Å². The fraction of sp³-hybridized carbons (Fsp3) is 0.800. The van der Waals surface area contributed by atoms with E-state index in [1.165, 1.54) is 6.92 Å². The van der Waals surface area contributed by atoms with Gasteiger partial charge in [-0.05, 0) is 55.4 Å². The molecule has 0 spiro atoms. The molecule has 0 fully saturated rings. The second kappa shape index (κ2) is 7.47. The summed E-state index contributed by atoms with van der Waals surface area (Å²) in [5, 5.41) is 0. The monoisotopic (exact) mass is 317 g/mol. The minimum Gasteiger partial charge on any atom is -0.464 e. The molecular formula is C15H27NO6. The van der Waals surface area contributed by atoms with Crippen LogP contribution in [0, 0.1) is 0 Å². The van der Waals surface area contributed by atoms with E-state index in [9.17, 15) is 14.4 Å². The van der Waals surface area contributed by atoms with Crippen molar-refractivity contribution in [2.45, 2.75) is 72.6 Å². The van der Waals surface area contributed by atoms with Crippen LogP contribution >= 0.6 is 0 Å². The van der Waals surface area contributed by atoms with Gasteiger partial charge in [-0.3, -0.25) is 0 Å². The Labute approximate surface area is 131 Å². The molecule has 0 aliphatic carbocycles. The first-order valence-electron chi connectivity index (χ1n) is 7.20. The molecule has 7 nitrogen and oxygen atoms in total. The smallest absolute Gasteiger partial charge is 0.420 e. The van der Waals surface area contributed by atoms with Gasteiger partial charge < -0.3 is 14.2 Å². The minimum atomic E-state index is -1.15. The van der Waals surface area contributed by atoms with Crippen LogP contribution in [-0.4, -0.2) is 46.9 Å². The second-order valence-electron chi connectivity index (χ2n) is 6.76. The number of amides is 2. The highest BCUT2D eigenvalue weighted by Crippen LogP contribution is 2.17. The molecule has 22 heavy (non-hydrogen) atoms. The highest BCUT2D eigenvalue weighted by atomic mass is 16.6. The Hall–Kier alpha value is -1.79. The lowest BCUT2D eigenvalue weighted by molar-refractivity contribution is -0.148. The lowest BCUT2D eigenvalue weighted by atomic mass is 10.2. The predicted molar refractivity (Wildman–Crippen MR) is 80.4 cm³/mol. The molecule has 0 aromatic carbocycles. The molecule has 0 aromatic heterocycles. The number of ether oxygens (including phenoxy) is 3. The number of imide groups is 1. The van der Waals surface area contributed by atoms with Crippen molar-refractivity contribution in [3.63, 3.8) is 0 Å². The third-order valence-electron chi connectivity index (χ3n) is 2.20. The number of carbonyl (C=O) groups is 3. The number of hydrogen-bond donors (Lipinski definition) is 0. The zero-order valence-electron chi connectivity index (χ0n) is 14.7. The Morgan fingerprint density at radius 2 is 1.27 bits per heavy atom. The molecule has 0 aromatic rings. The summed E-state index contributed by atoms with van der Waals surface area (Å²) >= 11 is 0. The first-order chi connectivity index (χ1) is 9.78. The van der Waals surface area contributed by atoms with Gasteiger partial charge in [-0.25, -0.2) is 14.4 Å². The molecule has 0 saturated heterocycles. The van der Waals surface area contributed by atoms with Crippen molar-refractivity contribution < 1.29 is 28.6 Å². The van der Waals surface area contributed by atoms with E-state index in [4.69, 9.17) is 14.2 Å². The third-order valence-corrected chi connectivity index (χ3v) is 2.20. The van der Waals surface area contributed by atoms with Crippen molar-refractivity contribution in [2.24, 2.45) is 0 Å². The Balaban J connectivity index is 5.35. The van der Waals surface area contributed by atoms with Gasteiger partial charge in [-0.1, -0.05) is 0 Å². The van der Waals surface area contributed by atoms with Gasteiger partial charge in [0.15, 0.2) is 0 Å². The topological polar surface area (TPSA) is 82.1 Å². The zero-order valence-corrected chi connectivity index (χ0v) is 14.7. The van der Waals surface area contributed by atoms with E-state index in [0.29, 0.717) is 4.90 Å². The van der Waals surface area contributed by atoms with Gasteiger partial charge in [-0.2, -0.15) is 4.90 Å². The van der Waals surface area contributed by atoms with Crippen molar-refractivity contribution in [1.82, 2.24) is 4.90 Å². The van der Waals surface area contributed by atoms with Gasteiger partial charge in [-0.15, -0.1) is 0 Å². The quantitative estimate of drug-likeness (QED) is 0.587. The van der Waals surface area contributed by atoms with Crippen LogP contribution in [0.3, 0.4) is 0 Å². The fourth-order valence-electron chi connectivity index (χ4n) is 1.38. The number of nitrogens with zero attached hydrogens (tertiary/aromatic N) is 1. The summed E-state index contributed by atoms with van der Waals surface area (Å²) in [6, 6.07) is -1.15. The van der Waals surface area contributed by atoms with Crippen LogP contribution in [-0.2, 0) is 19.0 Å². The Morgan fingerprint density at radius 1 is 0.909 bits per heavy atom. The van der Waals surface area contributed by atoms with Crippen LogP contribution in [0.1, 0.15) is 55.4 Å². The normalized spacial score (nSPS) is 13.1. The highest BCUT2D eigenvalue weighted by molar-refractivity contribution is 5.93. The third kappa shape index (κ3) is 7.28. The van der Waals surface area contributed by atoms with Crippen LogP contribution in [0.25, 0.3) is 0 Å². The van der Waals surface area contributed by atoms with Crippen LogP contribution < -0.4 is 0 Å². The van der Waals surface area contributed by atoms with Gasteiger partial charge in [0.05, 0.1) is 6.61 Å².